The van der Waals surface area contributed by atoms with Crippen LogP contribution in [0.4, 0.5) is 13.2 Å². The molecule has 0 N–H and O–H groups in total. The number of thiophene rings is 1. The van der Waals surface area contributed by atoms with Crippen LogP contribution in [0.5, 0.6) is 0 Å². The second kappa shape index (κ2) is 5.76. The Kier molecular flexibility index (Phi) is 3.99. The van der Waals surface area contributed by atoms with Crippen molar-refractivity contribution in [2.24, 2.45) is 5.92 Å². The number of likely N-dealkylation sites (tertiary alicyclic amines) is 1. The van der Waals surface area contributed by atoms with Crippen molar-refractivity contribution in [1.29, 1.82) is 0 Å². The first-order valence-corrected chi connectivity index (χ1v) is 7.61. The van der Waals surface area contributed by atoms with Crippen LogP contribution in [0.15, 0.2) is 21.3 Å². The molecule has 0 aliphatic carbocycles. The lowest BCUT2D eigenvalue weighted by atomic mass is 9.97. The Morgan fingerprint density at radius 1 is 1.43 bits per heavy atom. The van der Waals surface area contributed by atoms with Crippen molar-refractivity contribution in [3.8, 4) is 11.4 Å². The van der Waals surface area contributed by atoms with Gasteiger partial charge in [0.2, 0.25) is 11.7 Å². The van der Waals surface area contributed by atoms with Crippen LogP contribution in [0.2, 0.25) is 0 Å². The summed E-state index contributed by atoms with van der Waals surface area (Å²) in [5, 5.41) is 7.67. The summed E-state index contributed by atoms with van der Waals surface area (Å²) in [4.78, 5) is 5.97. The fraction of sp³-hybridized carbons (Fsp3) is 0.538. The number of hydrogen-bond donors (Lipinski definition) is 0. The molecule has 1 aliphatic heterocycles. The summed E-state index contributed by atoms with van der Waals surface area (Å²) in [6.07, 6.45) is -3.39. The average Bonchev–Trinajstić information content (AvgIpc) is 3.08. The third-order valence-corrected chi connectivity index (χ3v) is 4.26. The fourth-order valence-electron chi connectivity index (χ4n) is 2.49. The molecule has 0 aromatic carbocycles. The number of hydrogen-bond acceptors (Lipinski definition) is 5. The molecule has 21 heavy (non-hydrogen) atoms. The highest BCUT2D eigenvalue weighted by Gasteiger charge is 2.41. The van der Waals surface area contributed by atoms with E-state index >= 15 is 0 Å². The predicted molar refractivity (Wildman–Crippen MR) is 71.7 cm³/mol. The van der Waals surface area contributed by atoms with Crippen molar-refractivity contribution in [3.63, 3.8) is 0 Å². The molecule has 114 valence electrons. The van der Waals surface area contributed by atoms with Gasteiger partial charge in [-0.3, -0.25) is 4.90 Å². The minimum Gasteiger partial charge on any atom is -0.338 e. The summed E-state index contributed by atoms with van der Waals surface area (Å²) < 4.78 is 43.4. The van der Waals surface area contributed by atoms with E-state index in [2.05, 4.69) is 10.1 Å². The molecule has 3 heterocycles. The van der Waals surface area contributed by atoms with E-state index in [0.717, 1.165) is 5.56 Å². The van der Waals surface area contributed by atoms with Crippen molar-refractivity contribution in [3.05, 3.63) is 22.7 Å². The molecule has 1 unspecified atom stereocenters. The van der Waals surface area contributed by atoms with Gasteiger partial charge in [0.25, 0.3) is 0 Å². The third-order valence-electron chi connectivity index (χ3n) is 3.57. The summed E-state index contributed by atoms with van der Waals surface area (Å²) in [6, 6.07) is 1.87. The standard InChI is InChI=1S/C13H14F3N3OS/c14-13(15,16)10-2-1-4-19(6-10)7-11-17-12(18-20-11)9-3-5-21-8-9/h3,5,8,10H,1-2,4,6-7H2. The van der Waals surface area contributed by atoms with E-state index < -0.39 is 12.1 Å². The van der Waals surface area contributed by atoms with E-state index in [0.29, 0.717) is 24.7 Å². The monoisotopic (exact) mass is 317 g/mol. The van der Waals surface area contributed by atoms with Gasteiger partial charge in [0.15, 0.2) is 0 Å². The van der Waals surface area contributed by atoms with Gasteiger partial charge in [0.05, 0.1) is 12.5 Å². The molecule has 1 saturated heterocycles. The lowest BCUT2D eigenvalue weighted by Gasteiger charge is -2.32. The highest BCUT2D eigenvalue weighted by Crippen LogP contribution is 2.33. The number of nitrogens with zero attached hydrogens (tertiary/aromatic N) is 3. The van der Waals surface area contributed by atoms with Crippen LogP contribution >= 0.6 is 11.3 Å². The lowest BCUT2D eigenvalue weighted by Crippen LogP contribution is -2.41. The average molecular weight is 317 g/mol. The molecule has 4 nitrogen and oxygen atoms in total. The number of aromatic nitrogens is 2. The van der Waals surface area contributed by atoms with E-state index in [-0.39, 0.29) is 19.5 Å². The first kappa shape index (κ1) is 14.5. The van der Waals surface area contributed by atoms with Gasteiger partial charge in [-0.2, -0.15) is 29.5 Å². The maximum atomic E-state index is 12.8. The zero-order valence-electron chi connectivity index (χ0n) is 11.1. The number of alkyl halides is 3. The van der Waals surface area contributed by atoms with Crippen molar-refractivity contribution in [1.82, 2.24) is 15.0 Å². The minimum atomic E-state index is -4.13. The first-order chi connectivity index (χ1) is 10.0. The van der Waals surface area contributed by atoms with E-state index in [9.17, 15) is 13.2 Å². The molecule has 2 aromatic heterocycles. The summed E-state index contributed by atoms with van der Waals surface area (Å²) in [5.41, 5.74) is 0.863. The van der Waals surface area contributed by atoms with Crippen molar-refractivity contribution in [2.75, 3.05) is 13.1 Å². The molecule has 2 aromatic rings. The number of rotatable bonds is 3. The van der Waals surface area contributed by atoms with E-state index in [4.69, 9.17) is 4.52 Å². The smallest absolute Gasteiger partial charge is 0.338 e. The van der Waals surface area contributed by atoms with Gasteiger partial charge in [-0.1, -0.05) is 5.16 Å². The minimum absolute atomic E-state index is 0.000333. The molecule has 1 atom stereocenters. The normalized spacial score (nSPS) is 20.8. The Labute approximate surface area is 123 Å². The summed E-state index contributed by atoms with van der Waals surface area (Å²) in [6.45, 7) is 0.895. The Morgan fingerprint density at radius 2 is 2.29 bits per heavy atom. The van der Waals surface area contributed by atoms with Crippen LogP contribution in [0.25, 0.3) is 11.4 Å². The zero-order chi connectivity index (χ0) is 14.9. The van der Waals surface area contributed by atoms with Crippen LogP contribution in [-0.2, 0) is 6.54 Å². The van der Waals surface area contributed by atoms with Gasteiger partial charge in [0, 0.05) is 17.5 Å². The van der Waals surface area contributed by atoms with Crippen molar-refractivity contribution in [2.45, 2.75) is 25.6 Å². The molecule has 0 saturated carbocycles. The van der Waals surface area contributed by atoms with Crippen LogP contribution in [0.3, 0.4) is 0 Å². The third kappa shape index (κ3) is 3.44. The first-order valence-electron chi connectivity index (χ1n) is 6.66. The molecule has 0 amide bonds. The quantitative estimate of drug-likeness (QED) is 0.868. The van der Waals surface area contributed by atoms with Gasteiger partial charge in [0.1, 0.15) is 0 Å². The van der Waals surface area contributed by atoms with Crippen LogP contribution in [0, 0.1) is 5.92 Å². The van der Waals surface area contributed by atoms with Gasteiger partial charge in [-0.25, -0.2) is 0 Å². The molecule has 0 radical (unpaired) electrons. The van der Waals surface area contributed by atoms with Gasteiger partial charge in [-0.05, 0) is 30.8 Å². The van der Waals surface area contributed by atoms with Gasteiger partial charge < -0.3 is 4.52 Å². The molecule has 1 fully saturated rings. The molecule has 0 spiro atoms. The Hall–Kier alpha value is -1.41. The Morgan fingerprint density at radius 3 is 3.00 bits per heavy atom. The summed E-state index contributed by atoms with van der Waals surface area (Å²) >= 11 is 1.53. The molecule has 8 heteroatoms. The Bertz CT molecular complexity index is 582. The maximum absolute atomic E-state index is 12.8. The molecule has 3 rings (SSSR count). The highest BCUT2D eigenvalue weighted by atomic mass is 32.1. The van der Waals surface area contributed by atoms with Crippen molar-refractivity contribution >= 4 is 11.3 Å². The van der Waals surface area contributed by atoms with Crippen LogP contribution in [0.1, 0.15) is 18.7 Å². The lowest BCUT2D eigenvalue weighted by molar-refractivity contribution is -0.187. The maximum Gasteiger partial charge on any atom is 0.393 e. The Balaban J connectivity index is 1.64. The van der Waals surface area contributed by atoms with Gasteiger partial charge >= 0.3 is 6.18 Å². The topological polar surface area (TPSA) is 42.2 Å². The second-order valence-electron chi connectivity index (χ2n) is 5.14. The number of piperidine rings is 1. The van der Waals surface area contributed by atoms with E-state index in [1.165, 1.54) is 11.3 Å². The zero-order valence-corrected chi connectivity index (χ0v) is 12.0. The summed E-state index contributed by atoms with van der Waals surface area (Å²) in [5.74, 6) is -0.417. The molecular formula is C13H14F3N3OS. The number of halogens is 3. The molecule has 1 aliphatic rings. The van der Waals surface area contributed by atoms with Crippen LogP contribution in [-0.4, -0.2) is 34.3 Å². The highest BCUT2D eigenvalue weighted by molar-refractivity contribution is 7.08. The van der Waals surface area contributed by atoms with Crippen molar-refractivity contribution < 1.29 is 17.7 Å². The SMILES string of the molecule is FC(F)(F)C1CCCN(Cc2nc(-c3ccsc3)no2)C1. The second-order valence-corrected chi connectivity index (χ2v) is 5.92. The van der Waals surface area contributed by atoms with E-state index in [1.807, 2.05) is 16.8 Å². The van der Waals surface area contributed by atoms with Gasteiger partial charge in [-0.15, -0.1) is 0 Å². The largest absolute Gasteiger partial charge is 0.393 e. The van der Waals surface area contributed by atoms with E-state index in [1.54, 1.807) is 4.90 Å². The molecular weight excluding hydrogens is 303 g/mol. The fourth-order valence-corrected chi connectivity index (χ4v) is 3.12. The summed E-state index contributed by atoms with van der Waals surface area (Å²) in [7, 11) is 0. The predicted octanol–water partition coefficient (Wildman–Crippen LogP) is 3.57. The van der Waals surface area contributed by atoms with Crippen LogP contribution < -0.4 is 0 Å². The molecule has 0 bridgehead atoms.